The summed E-state index contributed by atoms with van der Waals surface area (Å²) in [5.74, 6) is 0.703. The van der Waals surface area contributed by atoms with Crippen molar-refractivity contribution >= 4 is 11.6 Å². The lowest BCUT2D eigenvalue weighted by Crippen LogP contribution is -2.38. The maximum absolute atomic E-state index is 15.1. The van der Waals surface area contributed by atoms with E-state index < -0.39 is 11.9 Å². The summed E-state index contributed by atoms with van der Waals surface area (Å²) in [5.41, 5.74) is 2.95. The second-order valence-electron chi connectivity index (χ2n) is 8.50. The number of aromatic amines is 1. The topological polar surface area (TPSA) is 101 Å². The number of amides is 1. The van der Waals surface area contributed by atoms with Crippen molar-refractivity contribution in [2.24, 2.45) is 0 Å². The molecule has 0 saturated carbocycles. The summed E-state index contributed by atoms with van der Waals surface area (Å²) in [4.78, 5) is 15.4. The zero-order valence-corrected chi connectivity index (χ0v) is 20.3. The molecule has 4 rings (SSSR count). The third kappa shape index (κ3) is 5.39. The number of hydrogen-bond donors (Lipinski definition) is 3. The van der Waals surface area contributed by atoms with Crippen molar-refractivity contribution < 1.29 is 23.4 Å². The Morgan fingerprint density at radius 3 is 2.63 bits per heavy atom. The molecule has 3 aromatic rings. The Hall–Kier alpha value is -3.63. The Morgan fingerprint density at radius 1 is 1.17 bits per heavy atom. The van der Waals surface area contributed by atoms with Crippen LogP contribution in [0.15, 0.2) is 36.7 Å². The van der Waals surface area contributed by atoms with Gasteiger partial charge in [-0.05, 0) is 49.8 Å². The van der Waals surface area contributed by atoms with Gasteiger partial charge in [-0.25, -0.2) is 4.39 Å². The van der Waals surface area contributed by atoms with E-state index in [0.717, 1.165) is 17.5 Å². The van der Waals surface area contributed by atoms with Crippen molar-refractivity contribution in [1.82, 2.24) is 20.4 Å². The van der Waals surface area contributed by atoms with Crippen LogP contribution in [-0.4, -0.2) is 69.0 Å². The summed E-state index contributed by atoms with van der Waals surface area (Å²) in [5, 5.41) is 12.7. The molecule has 1 aliphatic rings. The van der Waals surface area contributed by atoms with Crippen LogP contribution in [0.3, 0.4) is 0 Å². The van der Waals surface area contributed by atoms with Crippen LogP contribution in [0.5, 0.6) is 17.2 Å². The number of nitrogens with one attached hydrogen (secondary N) is 3. The van der Waals surface area contributed by atoms with Gasteiger partial charge >= 0.3 is 0 Å². The van der Waals surface area contributed by atoms with Crippen LogP contribution >= 0.6 is 0 Å². The number of likely N-dealkylation sites (N-methyl/N-ethyl adjacent to an activating group) is 1. The fourth-order valence-electron chi connectivity index (χ4n) is 4.05. The number of H-pyrrole nitrogens is 1. The quantitative estimate of drug-likeness (QED) is 0.430. The van der Waals surface area contributed by atoms with Crippen LogP contribution in [-0.2, 0) is 11.2 Å². The molecular weight excluding hydrogens is 453 g/mol. The van der Waals surface area contributed by atoms with E-state index in [0.29, 0.717) is 48.1 Å². The first-order chi connectivity index (χ1) is 16.9. The highest BCUT2D eigenvalue weighted by molar-refractivity contribution is 5.97. The molecule has 3 N–H and O–H groups in total. The van der Waals surface area contributed by atoms with Crippen LogP contribution in [0.25, 0.3) is 11.1 Å². The van der Waals surface area contributed by atoms with E-state index in [1.807, 2.05) is 31.1 Å². The van der Waals surface area contributed by atoms with E-state index in [4.69, 9.17) is 14.2 Å². The predicted molar refractivity (Wildman–Crippen MR) is 131 cm³/mol. The van der Waals surface area contributed by atoms with Crippen LogP contribution in [0.4, 0.5) is 10.1 Å². The Bertz CT molecular complexity index is 1180. The molecule has 1 aromatic heterocycles. The highest BCUT2D eigenvalue weighted by Gasteiger charge is 2.29. The molecule has 1 aliphatic heterocycles. The number of nitrogens with zero attached hydrogens (tertiary/aromatic N) is 2. The van der Waals surface area contributed by atoms with E-state index in [-0.39, 0.29) is 11.6 Å². The minimum absolute atomic E-state index is 0.257. The van der Waals surface area contributed by atoms with Gasteiger partial charge in [-0.3, -0.25) is 9.89 Å². The molecule has 0 fully saturated rings. The first-order valence-corrected chi connectivity index (χ1v) is 11.3. The standard InChI is InChI=1S/C25H30FN5O4/c1-31(2)7-8-35-21-10-17(16-13-28-29-14-16)19(26)12-20(21)30-25(32)24-18-11-23(34-4)22(33-3)9-15(18)5-6-27-24/h9-14,24,27H,5-8H2,1-4H3,(H,28,29)(H,30,32). The molecule has 2 heterocycles. The largest absolute Gasteiger partial charge is 0.493 e. The van der Waals surface area contributed by atoms with Gasteiger partial charge in [0.1, 0.15) is 24.2 Å². The Kier molecular flexibility index (Phi) is 7.52. The third-order valence-electron chi connectivity index (χ3n) is 5.89. The van der Waals surface area contributed by atoms with Gasteiger partial charge in [0.15, 0.2) is 11.5 Å². The minimum atomic E-state index is -0.648. The van der Waals surface area contributed by atoms with Crippen molar-refractivity contribution in [3.8, 4) is 28.4 Å². The molecule has 0 spiro atoms. The Balaban J connectivity index is 1.64. The maximum Gasteiger partial charge on any atom is 0.246 e. The summed E-state index contributed by atoms with van der Waals surface area (Å²) >= 11 is 0. The highest BCUT2D eigenvalue weighted by atomic mass is 19.1. The molecule has 1 amide bonds. The summed E-state index contributed by atoms with van der Waals surface area (Å²) in [7, 11) is 7.00. The van der Waals surface area contributed by atoms with Gasteiger partial charge in [-0.15, -0.1) is 0 Å². The zero-order valence-electron chi connectivity index (χ0n) is 20.3. The molecule has 9 nitrogen and oxygen atoms in total. The summed E-state index contributed by atoms with van der Waals surface area (Å²) in [6.45, 7) is 1.64. The van der Waals surface area contributed by atoms with Crippen molar-refractivity contribution in [3.63, 3.8) is 0 Å². The second kappa shape index (κ2) is 10.7. The molecule has 1 unspecified atom stereocenters. The van der Waals surface area contributed by atoms with Crippen molar-refractivity contribution in [1.29, 1.82) is 0 Å². The number of hydrogen-bond acceptors (Lipinski definition) is 7. The maximum atomic E-state index is 15.1. The molecule has 186 valence electrons. The summed E-state index contributed by atoms with van der Waals surface area (Å²) < 4.78 is 31.8. The first-order valence-electron chi connectivity index (χ1n) is 11.3. The molecule has 2 aromatic carbocycles. The first kappa shape index (κ1) is 24.5. The normalized spacial score (nSPS) is 15.0. The molecule has 0 aliphatic carbocycles. The number of carbonyl (C=O) groups is 1. The number of methoxy groups -OCH3 is 2. The average molecular weight is 484 g/mol. The molecule has 1 atom stereocenters. The number of fused-ring (bicyclic) bond motifs is 1. The average Bonchev–Trinajstić information content (AvgIpc) is 3.38. The number of benzene rings is 2. The molecular formula is C25H30FN5O4. The lowest BCUT2D eigenvalue weighted by molar-refractivity contribution is -0.118. The number of aromatic nitrogens is 2. The lowest BCUT2D eigenvalue weighted by atomic mass is 9.93. The number of halogens is 1. The number of ether oxygens (including phenoxy) is 3. The van der Waals surface area contributed by atoms with Crippen LogP contribution in [0.1, 0.15) is 17.2 Å². The molecule has 10 heteroatoms. The van der Waals surface area contributed by atoms with E-state index in [9.17, 15) is 4.79 Å². The predicted octanol–water partition coefficient (Wildman–Crippen LogP) is 3.00. The van der Waals surface area contributed by atoms with E-state index in [1.165, 1.54) is 12.3 Å². The number of carbonyl (C=O) groups excluding carboxylic acids is 1. The third-order valence-corrected chi connectivity index (χ3v) is 5.89. The van der Waals surface area contributed by atoms with E-state index >= 15 is 4.39 Å². The van der Waals surface area contributed by atoms with Crippen molar-refractivity contribution in [2.75, 3.05) is 53.3 Å². The highest BCUT2D eigenvalue weighted by Crippen LogP contribution is 2.37. The minimum Gasteiger partial charge on any atom is -0.493 e. The summed E-state index contributed by atoms with van der Waals surface area (Å²) in [6.07, 6.45) is 3.88. The van der Waals surface area contributed by atoms with Gasteiger partial charge in [0.2, 0.25) is 5.91 Å². The van der Waals surface area contributed by atoms with Gasteiger partial charge in [-0.2, -0.15) is 5.10 Å². The van der Waals surface area contributed by atoms with Crippen molar-refractivity contribution in [3.05, 3.63) is 53.6 Å². The second-order valence-corrected chi connectivity index (χ2v) is 8.50. The Morgan fingerprint density at radius 2 is 1.94 bits per heavy atom. The van der Waals surface area contributed by atoms with Gasteiger partial charge in [0, 0.05) is 36.5 Å². The molecule has 0 saturated heterocycles. The van der Waals surface area contributed by atoms with Crippen LogP contribution in [0.2, 0.25) is 0 Å². The van der Waals surface area contributed by atoms with E-state index in [2.05, 4.69) is 20.8 Å². The molecule has 35 heavy (non-hydrogen) atoms. The Labute approximate surface area is 203 Å². The van der Waals surface area contributed by atoms with Gasteiger partial charge in [0.25, 0.3) is 0 Å². The van der Waals surface area contributed by atoms with Gasteiger partial charge in [-0.1, -0.05) is 0 Å². The summed E-state index contributed by atoms with van der Waals surface area (Å²) in [6, 6.07) is 5.92. The molecule has 0 radical (unpaired) electrons. The fourth-order valence-corrected chi connectivity index (χ4v) is 4.05. The lowest BCUT2D eigenvalue weighted by Gasteiger charge is -2.27. The van der Waals surface area contributed by atoms with Gasteiger partial charge in [0.05, 0.1) is 26.1 Å². The van der Waals surface area contributed by atoms with Crippen LogP contribution < -0.4 is 24.8 Å². The number of anilines is 1. The van der Waals surface area contributed by atoms with Crippen molar-refractivity contribution in [2.45, 2.75) is 12.5 Å². The van der Waals surface area contributed by atoms with Gasteiger partial charge < -0.3 is 29.7 Å². The molecule has 0 bridgehead atoms. The van der Waals surface area contributed by atoms with E-state index in [1.54, 1.807) is 26.5 Å². The van der Waals surface area contributed by atoms with Crippen LogP contribution in [0, 0.1) is 5.82 Å². The zero-order chi connectivity index (χ0) is 24.9. The monoisotopic (exact) mass is 483 g/mol. The SMILES string of the molecule is COc1cc2c(cc1OC)C(C(=O)Nc1cc(F)c(-c3cn[nH]c3)cc1OCCN(C)C)NCC2. The number of rotatable bonds is 9. The fraction of sp³-hybridized carbons (Fsp3) is 0.360. The smallest absolute Gasteiger partial charge is 0.246 e.